The smallest absolute Gasteiger partial charge is 0.175 e. The highest BCUT2D eigenvalue weighted by Crippen LogP contribution is 2.25. The van der Waals surface area contributed by atoms with Crippen molar-refractivity contribution in [2.24, 2.45) is 10.8 Å². The Bertz CT molecular complexity index is 544. The number of aromatic nitrogens is 8. The van der Waals surface area contributed by atoms with E-state index < -0.39 is 0 Å². The van der Waals surface area contributed by atoms with Crippen LogP contribution in [0.15, 0.2) is 0 Å². The summed E-state index contributed by atoms with van der Waals surface area (Å²) < 4.78 is 11.4. The molecule has 2 heterocycles. The molecule has 0 fully saturated rings. The number of nitrogens with zero attached hydrogens (tertiary/aromatic N) is 6. The van der Waals surface area contributed by atoms with E-state index in [-0.39, 0.29) is 10.8 Å². The Kier molecular flexibility index (Phi) is 7.58. The molecule has 2 N–H and O–H groups in total. The highest BCUT2D eigenvalue weighted by Gasteiger charge is 2.21. The van der Waals surface area contributed by atoms with Crippen molar-refractivity contribution in [3.63, 3.8) is 0 Å². The summed E-state index contributed by atoms with van der Waals surface area (Å²) in [6.07, 6.45) is 3.41. The molecule has 2 aromatic heterocycles. The lowest BCUT2D eigenvalue weighted by molar-refractivity contribution is 0.0285. The van der Waals surface area contributed by atoms with Crippen molar-refractivity contribution in [2.45, 2.75) is 53.4 Å². The third-order valence-corrected chi connectivity index (χ3v) is 4.27. The van der Waals surface area contributed by atoms with E-state index in [1.807, 2.05) is 0 Å². The normalized spacial score (nSPS) is 12.6. The SMILES string of the molecule is CC(C)(CCOCCOCCC(C)(C)Cc1nn[nH]n1)Cc1nn[nH]n1. The molecule has 0 atom stereocenters. The molecule has 2 rings (SSSR count). The van der Waals surface area contributed by atoms with Gasteiger partial charge >= 0.3 is 0 Å². The molecule has 146 valence electrons. The number of hydrogen-bond acceptors (Lipinski definition) is 8. The van der Waals surface area contributed by atoms with Gasteiger partial charge in [-0.2, -0.15) is 10.4 Å². The molecule has 10 nitrogen and oxygen atoms in total. The minimum absolute atomic E-state index is 0.0733. The van der Waals surface area contributed by atoms with Crippen LogP contribution in [-0.2, 0) is 22.3 Å². The van der Waals surface area contributed by atoms with Gasteiger partial charge in [-0.1, -0.05) is 38.1 Å². The first-order valence-electron chi connectivity index (χ1n) is 8.96. The zero-order valence-corrected chi connectivity index (χ0v) is 16.2. The van der Waals surface area contributed by atoms with Gasteiger partial charge in [0.05, 0.1) is 13.2 Å². The van der Waals surface area contributed by atoms with Crippen LogP contribution in [0.25, 0.3) is 0 Å². The van der Waals surface area contributed by atoms with Crippen LogP contribution >= 0.6 is 0 Å². The lowest BCUT2D eigenvalue weighted by atomic mass is 9.86. The maximum atomic E-state index is 5.68. The first kappa shape index (κ1) is 20.4. The molecule has 0 bridgehead atoms. The zero-order chi connectivity index (χ0) is 18.9. The van der Waals surface area contributed by atoms with Gasteiger partial charge in [-0.25, -0.2) is 0 Å². The molecule has 0 spiro atoms. The Hall–Kier alpha value is -1.94. The molecule has 0 aliphatic heterocycles. The van der Waals surface area contributed by atoms with Crippen molar-refractivity contribution in [1.82, 2.24) is 41.2 Å². The van der Waals surface area contributed by atoms with E-state index in [0.29, 0.717) is 26.4 Å². The van der Waals surface area contributed by atoms with E-state index in [1.165, 1.54) is 0 Å². The number of ether oxygens (including phenoxy) is 2. The third-order valence-electron chi connectivity index (χ3n) is 4.27. The fourth-order valence-electron chi connectivity index (χ4n) is 2.57. The van der Waals surface area contributed by atoms with Crippen LogP contribution in [0.5, 0.6) is 0 Å². The summed E-state index contributed by atoms with van der Waals surface area (Å²) in [5, 5.41) is 28.1. The summed E-state index contributed by atoms with van der Waals surface area (Å²) >= 11 is 0. The van der Waals surface area contributed by atoms with Gasteiger partial charge in [0.15, 0.2) is 11.6 Å². The summed E-state index contributed by atoms with van der Waals surface area (Å²) in [7, 11) is 0. The molecular formula is C16H30N8O2. The van der Waals surface area contributed by atoms with Crippen LogP contribution in [0.4, 0.5) is 0 Å². The summed E-state index contributed by atoms with van der Waals surface area (Å²) in [5.41, 5.74) is 0.147. The van der Waals surface area contributed by atoms with Gasteiger partial charge in [0.2, 0.25) is 0 Å². The van der Waals surface area contributed by atoms with Gasteiger partial charge in [0.1, 0.15) is 0 Å². The Morgan fingerprint density at radius 3 is 1.46 bits per heavy atom. The summed E-state index contributed by atoms with van der Waals surface area (Å²) in [6, 6.07) is 0. The molecular weight excluding hydrogens is 336 g/mol. The Balaban J connectivity index is 1.49. The lowest BCUT2D eigenvalue weighted by Gasteiger charge is -2.23. The van der Waals surface area contributed by atoms with Crippen molar-refractivity contribution < 1.29 is 9.47 Å². The van der Waals surface area contributed by atoms with E-state index in [0.717, 1.165) is 37.3 Å². The monoisotopic (exact) mass is 366 g/mol. The predicted octanol–water partition coefficient (Wildman–Crippen LogP) is 1.36. The minimum atomic E-state index is 0.0733. The molecule has 0 radical (unpaired) electrons. The van der Waals surface area contributed by atoms with Crippen molar-refractivity contribution >= 4 is 0 Å². The topological polar surface area (TPSA) is 127 Å². The van der Waals surface area contributed by atoms with Crippen molar-refractivity contribution in [3.8, 4) is 0 Å². The highest BCUT2D eigenvalue weighted by atomic mass is 16.5. The van der Waals surface area contributed by atoms with Crippen molar-refractivity contribution in [1.29, 1.82) is 0 Å². The quantitative estimate of drug-likeness (QED) is 0.509. The van der Waals surface area contributed by atoms with Gasteiger partial charge in [-0.3, -0.25) is 0 Å². The number of rotatable bonds is 13. The van der Waals surface area contributed by atoms with Gasteiger partial charge in [0.25, 0.3) is 0 Å². The van der Waals surface area contributed by atoms with Crippen LogP contribution in [0.2, 0.25) is 0 Å². The first-order chi connectivity index (χ1) is 12.4. The minimum Gasteiger partial charge on any atom is -0.379 e. The Labute approximate surface area is 153 Å². The average Bonchev–Trinajstić information content (AvgIpc) is 3.23. The number of aromatic amines is 2. The molecule has 26 heavy (non-hydrogen) atoms. The second-order valence-electron chi connectivity index (χ2n) is 8.06. The molecule has 0 saturated heterocycles. The van der Waals surface area contributed by atoms with Gasteiger partial charge in [-0.15, -0.1) is 20.4 Å². The lowest BCUT2D eigenvalue weighted by Crippen LogP contribution is -2.20. The maximum Gasteiger partial charge on any atom is 0.175 e. The maximum absolute atomic E-state index is 5.68. The fraction of sp³-hybridized carbons (Fsp3) is 0.875. The third kappa shape index (κ3) is 7.96. The predicted molar refractivity (Wildman–Crippen MR) is 94.2 cm³/mol. The van der Waals surface area contributed by atoms with Crippen LogP contribution in [0.3, 0.4) is 0 Å². The van der Waals surface area contributed by atoms with Gasteiger partial charge < -0.3 is 9.47 Å². The summed E-state index contributed by atoms with van der Waals surface area (Å²) in [5.74, 6) is 1.48. The molecule has 2 aromatic rings. The molecule has 0 aliphatic rings. The first-order valence-corrected chi connectivity index (χ1v) is 8.96. The molecule has 0 unspecified atom stereocenters. The largest absolute Gasteiger partial charge is 0.379 e. The number of tetrazole rings is 2. The fourth-order valence-corrected chi connectivity index (χ4v) is 2.57. The van der Waals surface area contributed by atoms with Crippen LogP contribution < -0.4 is 0 Å². The summed E-state index contributed by atoms with van der Waals surface area (Å²) in [4.78, 5) is 0. The zero-order valence-electron chi connectivity index (χ0n) is 16.2. The van der Waals surface area contributed by atoms with Gasteiger partial charge in [-0.05, 0) is 23.7 Å². The second kappa shape index (κ2) is 9.67. The second-order valence-corrected chi connectivity index (χ2v) is 8.06. The Morgan fingerprint density at radius 2 is 1.12 bits per heavy atom. The molecule has 0 aromatic carbocycles. The molecule has 0 amide bonds. The van der Waals surface area contributed by atoms with E-state index >= 15 is 0 Å². The molecule has 0 aliphatic carbocycles. The average molecular weight is 366 g/mol. The van der Waals surface area contributed by atoms with E-state index in [1.54, 1.807) is 0 Å². The van der Waals surface area contributed by atoms with Crippen LogP contribution in [0, 0.1) is 10.8 Å². The van der Waals surface area contributed by atoms with Gasteiger partial charge in [0, 0.05) is 26.1 Å². The molecule has 10 heteroatoms. The molecule has 0 saturated carbocycles. The Morgan fingerprint density at radius 1 is 0.692 bits per heavy atom. The number of nitrogens with one attached hydrogen (secondary N) is 2. The van der Waals surface area contributed by atoms with Crippen molar-refractivity contribution in [3.05, 3.63) is 11.6 Å². The number of hydrogen-bond donors (Lipinski definition) is 2. The van der Waals surface area contributed by atoms with Crippen LogP contribution in [0.1, 0.15) is 52.2 Å². The van der Waals surface area contributed by atoms with E-state index in [9.17, 15) is 0 Å². The summed E-state index contributed by atoms with van der Waals surface area (Å²) in [6.45, 7) is 11.3. The van der Waals surface area contributed by atoms with E-state index in [2.05, 4.69) is 68.9 Å². The van der Waals surface area contributed by atoms with Crippen LogP contribution in [-0.4, -0.2) is 67.7 Å². The van der Waals surface area contributed by atoms with E-state index in [4.69, 9.17) is 9.47 Å². The standard InChI is InChI=1S/C16H30N8O2/c1-15(2,11-13-17-21-22-18-13)5-7-25-9-10-26-8-6-16(3,4)12-14-19-23-24-20-14/h5-12H2,1-4H3,(H,17,18,21,22)(H,19,20,23,24). The highest BCUT2D eigenvalue weighted by molar-refractivity contribution is 4.86. The van der Waals surface area contributed by atoms with Crippen molar-refractivity contribution in [2.75, 3.05) is 26.4 Å². The number of H-pyrrole nitrogens is 2.